The van der Waals surface area contributed by atoms with E-state index in [0.717, 1.165) is 12.8 Å². The standard InChI is InChI=1S/C14H26N2O4S/c17-14(10-12-11-21(18,19)9-7-15-12)16-6-8-20-13-4-2-1-3-5-13/h12-13,15H,1-11H2,(H,16,17). The molecule has 0 aromatic carbocycles. The molecule has 21 heavy (non-hydrogen) atoms. The van der Waals surface area contributed by atoms with Crippen LogP contribution in [0, 0.1) is 0 Å². The van der Waals surface area contributed by atoms with Gasteiger partial charge in [0.25, 0.3) is 0 Å². The van der Waals surface area contributed by atoms with Crippen molar-refractivity contribution in [3.63, 3.8) is 0 Å². The fraction of sp³-hybridized carbons (Fsp3) is 0.929. The van der Waals surface area contributed by atoms with Gasteiger partial charge in [0.2, 0.25) is 5.91 Å². The van der Waals surface area contributed by atoms with Crippen molar-refractivity contribution in [1.29, 1.82) is 0 Å². The van der Waals surface area contributed by atoms with Crippen molar-refractivity contribution in [1.82, 2.24) is 10.6 Å². The molecule has 2 rings (SSSR count). The molecule has 1 saturated carbocycles. The second-order valence-electron chi connectivity index (χ2n) is 5.95. The molecule has 0 aromatic heterocycles. The lowest BCUT2D eigenvalue weighted by atomic mass is 9.98. The third-order valence-corrected chi connectivity index (χ3v) is 5.80. The third-order valence-electron chi connectivity index (χ3n) is 4.06. The van der Waals surface area contributed by atoms with Crippen LogP contribution in [0.3, 0.4) is 0 Å². The van der Waals surface area contributed by atoms with E-state index >= 15 is 0 Å². The predicted octanol–water partition coefficient (Wildman–Crippen LogP) is 0.229. The Bertz CT molecular complexity index is 432. The lowest BCUT2D eigenvalue weighted by molar-refractivity contribution is -0.121. The lowest BCUT2D eigenvalue weighted by Gasteiger charge is -2.23. The minimum atomic E-state index is -2.98. The van der Waals surface area contributed by atoms with Crippen LogP contribution in [-0.2, 0) is 19.4 Å². The van der Waals surface area contributed by atoms with Crippen LogP contribution in [0.4, 0.5) is 0 Å². The Balaban J connectivity index is 1.57. The molecule has 2 fully saturated rings. The molecule has 1 saturated heterocycles. The van der Waals surface area contributed by atoms with Crippen molar-refractivity contribution in [3.05, 3.63) is 0 Å². The first-order valence-electron chi connectivity index (χ1n) is 7.87. The van der Waals surface area contributed by atoms with Gasteiger partial charge in [-0.25, -0.2) is 8.42 Å². The molecular formula is C14H26N2O4S. The maximum absolute atomic E-state index is 11.8. The SMILES string of the molecule is O=C(CC1CS(=O)(=O)CCN1)NCCOC1CCCCC1. The lowest BCUT2D eigenvalue weighted by Crippen LogP contribution is -2.47. The number of amides is 1. The van der Waals surface area contributed by atoms with Crippen LogP contribution in [0.15, 0.2) is 0 Å². The van der Waals surface area contributed by atoms with Gasteiger partial charge in [0, 0.05) is 25.6 Å². The minimum absolute atomic E-state index is 0.0546. The van der Waals surface area contributed by atoms with Crippen molar-refractivity contribution < 1.29 is 17.9 Å². The van der Waals surface area contributed by atoms with E-state index in [4.69, 9.17) is 4.74 Å². The number of rotatable bonds is 6. The monoisotopic (exact) mass is 318 g/mol. The van der Waals surface area contributed by atoms with E-state index < -0.39 is 9.84 Å². The first kappa shape index (κ1) is 16.7. The average molecular weight is 318 g/mol. The molecule has 1 aliphatic carbocycles. The number of hydrogen-bond donors (Lipinski definition) is 2. The highest BCUT2D eigenvalue weighted by Gasteiger charge is 2.25. The van der Waals surface area contributed by atoms with Crippen LogP contribution in [-0.4, -0.2) is 57.7 Å². The average Bonchev–Trinajstić information content (AvgIpc) is 2.44. The molecule has 1 amide bonds. The summed E-state index contributed by atoms with van der Waals surface area (Å²) in [5.74, 6) is 0.108. The Morgan fingerprint density at radius 3 is 2.71 bits per heavy atom. The first-order chi connectivity index (χ1) is 10.1. The fourth-order valence-corrected chi connectivity index (χ4v) is 4.39. The summed E-state index contributed by atoms with van der Waals surface area (Å²) < 4.78 is 28.7. The maximum atomic E-state index is 11.8. The van der Waals surface area contributed by atoms with Crippen LogP contribution >= 0.6 is 0 Å². The van der Waals surface area contributed by atoms with E-state index in [1.54, 1.807) is 0 Å². The zero-order valence-corrected chi connectivity index (χ0v) is 13.3. The number of hydrogen-bond acceptors (Lipinski definition) is 5. The summed E-state index contributed by atoms with van der Waals surface area (Å²) >= 11 is 0. The molecule has 0 radical (unpaired) electrons. The van der Waals surface area contributed by atoms with Crippen LogP contribution in [0.2, 0.25) is 0 Å². The summed E-state index contributed by atoms with van der Waals surface area (Å²) in [7, 11) is -2.98. The van der Waals surface area contributed by atoms with Gasteiger partial charge in [0.1, 0.15) is 0 Å². The van der Waals surface area contributed by atoms with E-state index in [9.17, 15) is 13.2 Å². The molecular weight excluding hydrogens is 292 g/mol. The van der Waals surface area contributed by atoms with Crippen molar-refractivity contribution in [3.8, 4) is 0 Å². The molecule has 0 spiro atoms. The van der Waals surface area contributed by atoms with Crippen LogP contribution < -0.4 is 10.6 Å². The molecule has 0 aromatic rings. The van der Waals surface area contributed by atoms with E-state index in [-0.39, 0.29) is 29.9 Å². The van der Waals surface area contributed by atoms with Gasteiger partial charge in [-0.3, -0.25) is 4.79 Å². The topological polar surface area (TPSA) is 84.5 Å². The highest BCUT2D eigenvalue weighted by atomic mass is 32.2. The Morgan fingerprint density at radius 2 is 2.00 bits per heavy atom. The van der Waals surface area contributed by atoms with Crippen molar-refractivity contribution >= 4 is 15.7 Å². The van der Waals surface area contributed by atoms with Gasteiger partial charge in [-0.1, -0.05) is 19.3 Å². The summed E-state index contributed by atoms with van der Waals surface area (Å²) in [5.41, 5.74) is 0. The molecule has 7 heteroatoms. The Labute approximate surface area is 126 Å². The van der Waals surface area contributed by atoms with Crippen molar-refractivity contribution in [2.75, 3.05) is 31.2 Å². The van der Waals surface area contributed by atoms with E-state index in [0.29, 0.717) is 25.8 Å². The highest BCUT2D eigenvalue weighted by molar-refractivity contribution is 7.91. The zero-order chi connectivity index (χ0) is 15.1. The normalized spacial score (nSPS) is 26.4. The van der Waals surface area contributed by atoms with Crippen LogP contribution in [0.5, 0.6) is 0 Å². The molecule has 2 N–H and O–H groups in total. The summed E-state index contributed by atoms with van der Waals surface area (Å²) in [4.78, 5) is 11.8. The Kier molecular flexibility index (Phi) is 6.44. The number of ether oxygens (including phenoxy) is 1. The zero-order valence-electron chi connectivity index (χ0n) is 12.5. The maximum Gasteiger partial charge on any atom is 0.221 e. The van der Waals surface area contributed by atoms with E-state index in [2.05, 4.69) is 10.6 Å². The summed E-state index contributed by atoms with van der Waals surface area (Å²) in [6.45, 7) is 1.46. The molecule has 1 heterocycles. The summed E-state index contributed by atoms with van der Waals surface area (Å²) in [6.07, 6.45) is 6.57. The van der Waals surface area contributed by atoms with Crippen molar-refractivity contribution in [2.45, 2.75) is 50.7 Å². The minimum Gasteiger partial charge on any atom is -0.376 e. The number of carbonyl (C=O) groups is 1. The molecule has 0 bridgehead atoms. The van der Waals surface area contributed by atoms with Gasteiger partial charge in [-0.15, -0.1) is 0 Å². The second kappa shape index (κ2) is 8.10. The summed E-state index contributed by atoms with van der Waals surface area (Å²) in [6, 6.07) is -0.261. The second-order valence-corrected chi connectivity index (χ2v) is 8.18. The third kappa shape index (κ3) is 6.32. The Hall–Kier alpha value is -0.660. The quantitative estimate of drug-likeness (QED) is 0.685. The largest absolute Gasteiger partial charge is 0.376 e. The number of sulfone groups is 1. The molecule has 6 nitrogen and oxygen atoms in total. The Morgan fingerprint density at radius 1 is 1.24 bits per heavy atom. The molecule has 1 aliphatic heterocycles. The predicted molar refractivity (Wildman–Crippen MR) is 80.9 cm³/mol. The molecule has 1 unspecified atom stereocenters. The van der Waals surface area contributed by atoms with Gasteiger partial charge >= 0.3 is 0 Å². The van der Waals surface area contributed by atoms with Crippen LogP contribution in [0.1, 0.15) is 38.5 Å². The first-order valence-corrected chi connectivity index (χ1v) is 9.69. The number of nitrogens with one attached hydrogen (secondary N) is 2. The van der Waals surface area contributed by atoms with Crippen molar-refractivity contribution in [2.24, 2.45) is 0 Å². The highest BCUT2D eigenvalue weighted by Crippen LogP contribution is 2.19. The van der Waals surface area contributed by atoms with Gasteiger partial charge in [0.15, 0.2) is 9.84 Å². The van der Waals surface area contributed by atoms with Gasteiger partial charge in [-0.2, -0.15) is 0 Å². The van der Waals surface area contributed by atoms with Crippen LogP contribution in [0.25, 0.3) is 0 Å². The molecule has 122 valence electrons. The fourth-order valence-electron chi connectivity index (χ4n) is 2.94. The van der Waals surface area contributed by atoms with E-state index in [1.807, 2.05) is 0 Å². The van der Waals surface area contributed by atoms with Gasteiger partial charge in [0.05, 0.1) is 24.2 Å². The summed E-state index contributed by atoms with van der Waals surface area (Å²) in [5, 5.41) is 5.87. The number of carbonyl (C=O) groups excluding carboxylic acids is 1. The smallest absolute Gasteiger partial charge is 0.221 e. The van der Waals surface area contributed by atoms with Gasteiger partial charge < -0.3 is 15.4 Å². The molecule has 1 atom stereocenters. The molecule has 2 aliphatic rings. The van der Waals surface area contributed by atoms with E-state index in [1.165, 1.54) is 19.3 Å². The van der Waals surface area contributed by atoms with Gasteiger partial charge in [-0.05, 0) is 12.8 Å².